The van der Waals surface area contributed by atoms with Gasteiger partial charge in [-0.1, -0.05) is 6.92 Å². The average Bonchev–Trinajstić information content (AvgIpc) is 1.69. The molecule has 0 spiro atoms. The second-order valence-corrected chi connectivity index (χ2v) is 1.46. The molecule has 0 unspecified atom stereocenters. The van der Waals surface area contributed by atoms with Crippen molar-refractivity contribution in [3.63, 3.8) is 0 Å². The first-order valence-corrected chi connectivity index (χ1v) is 2.77. The molecule has 0 heterocycles. The summed E-state index contributed by atoms with van der Waals surface area (Å²) in [5.41, 5.74) is 0. The molecule has 2 nitrogen and oxygen atoms in total. The van der Waals surface area contributed by atoms with Crippen molar-refractivity contribution in [3.05, 3.63) is 0 Å². The molecule has 0 bridgehead atoms. The average molecular weight is 175 g/mol. The Labute approximate surface area is 69.6 Å². The van der Waals surface area contributed by atoms with Crippen LogP contribution in [0.15, 0.2) is 0 Å². The predicted molar refractivity (Wildman–Crippen MR) is 47.0 cm³/mol. The fourth-order valence-electron chi connectivity index (χ4n) is 0.390. The number of nitrogens with one attached hydrogen (secondary N) is 2. The molecule has 0 fully saturated rings. The van der Waals surface area contributed by atoms with Crippen LogP contribution in [0.3, 0.4) is 0 Å². The molecule has 0 aliphatic heterocycles. The van der Waals surface area contributed by atoms with Crippen molar-refractivity contribution in [3.8, 4) is 0 Å². The maximum Gasteiger partial charge on any atom is 0.00764 e. The molecular weight excluding hydrogens is 159 g/mol. The van der Waals surface area contributed by atoms with Crippen molar-refractivity contribution in [2.45, 2.75) is 6.92 Å². The van der Waals surface area contributed by atoms with Crippen molar-refractivity contribution < 1.29 is 0 Å². The van der Waals surface area contributed by atoms with Crippen LogP contribution < -0.4 is 10.6 Å². The Balaban J connectivity index is -0.000000180. The molecule has 0 rings (SSSR count). The van der Waals surface area contributed by atoms with Gasteiger partial charge in [0.1, 0.15) is 0 Å². The van der Waals surface area contributed by atoms with Gasteiger partial charge in [0.2, 0.25) is 0 Å². The minimum atomic E-state index is 0. The fraction of sp³-hybridized carbons (Fsp3) is 1.00. The molecule has 9 heavy (non-hydrogen) atoms. The third kappa shape index (κ3) is 17.7. The van der Waals surface area contributed by atoms with E-state index in [4.69, 9.17) is 0 Å². The third-order valence-electron chi connectivity index (χ3n) is 0.802. The molecule has 0 aromatic rings. The van der Waals surface area contributed by atoms with Crippen molar-refractivity contribution in [2.24, 2.45) is 0 Å². The van der Waals surface area contributed by atoms with Gasteiger partial charge in [0.25, 0.3) is 0 Å². The Kier molecular flexibility index (Phi) is 28.5. The summed E-state index contributed by atoms with van der Waals surface area (Å²) < 4.78 is 0. The van der Waals surface area contributed by atoms with Gasteiger partial charge in [-0.2, -0.15) is 0 Å². The van der Waals surface area contributed by atoms with Crippen LogP contribution in [0.5, 0.6) is 0 Å². The number of halogens is 2. The largest absolute Gasteiger partial charge is 0.318 e. The summed E-state index contributed by atoms with van der Waals surface area (Å²) in [5, 5.41) is 6.23. The van der Waals surface area contributed by atoms with E-state index in [0.717, 1.165) is 19.6 Å². The van der Waals surface area contributed by atoms with Crippen molar-refractivity contribution in [1.82, 2.24) is 10.6 Å². The highest BCUT2D eigenvalue weighted by Gasteiger charge is 1.75. The van der Waals surface area contributed by atoms with E-state index in [1.165, 1.54) is 0 Å². The van der Waals surface area contributed by atoms with E-state index in [0.29, 0.717) is 0 Å². The van der Waals surface area contributed by atoms with Gasteiger partial charge in [0, 0.05) is 13.1 Å². The molecule has 0 aromatic carbocycles. The van der Waals surface area contributed by atoms with Crippen LogP contribution in [-0.4, -0.2) is 26.7 Å². The summed E-state index contributed by atoms with van der Waals surface area (Å²) in [6, 6.07) is 0. The molecule has 0 radical (unpaired) electrons. The first kappa shape index (κ1) is 16.2. The lowest BCUT2D eigenvalue weighted by Crippen LogP contribution is -2.24. The molecule has 4 heteroatoms. The van der Waals surface area contributed by atoms with E-state index >= 15 is 0 Å². The van der Waals surface area contributed by atoms with Crippen molar-refractivity contribution in [1.29, 1.82) is 0 Å². The van der Waals surface area contributed by atoms with Crippen LogP contribution in [0.1, 0.15) is 6.92 Å². The highest BCUT2D eigenvalue weighted by Crippen LogP contribution is 1.52. The summed E-state index contributed by atoms with van der Waals surface area (Å²) in [6.45, 7) is 5.32. The van der Waals surface area contributed by atoms with E-state index in [-0.39, 0.29) is 24.8 Å². The first-order valence-electron chi connectivity index (χ1n) is 2.77. The van der Waals surface area contributed by atoms with Crippen molar-refractivity contribution >= 4 is 24.8 Å². The van der Waals surface area contributed by atoms with E-state index in [1.807, 2.05) is 7.05 Å². The molecule has 60 valence electrons. The number of hydrogen-bond donors (Lipinski definition) is 2. The summed E-state index contributed by atoms with van der Waals surface area (Å²) in [4.78, 5) is 0. The van der Waals surface area contributed by atoms with Gasteiger partial charge in [0.05, 0.1) is 0 Å². The van der Waals surface area contributed by atoms with Gasteiger partial charge in [0.15, 0.2) is 0 Å². The smallest absolute Gasteiger partial charge is 0.00764 e. The van der Waals surface area contributed by atoms with Gasteiger partial charge in [-0.05, 0) is 13.6 Å². The van der Waals surface area contributed by atoms with Crippen LogP contribution in [0, 0.1) is 0 Å². The number of likely N-dealkylation sites (N-methyl/N-ethyl adjacent to an activating group) is 2. The van der Waals surface area contributed by atoms with Gasteiger partial charge in [-0.3, -0.25) is 0 Å². The van der Waals surface area contributed by atoms with E-state index in [9.17, 15) is 0 Å². The second-order valence-electron chi connectivity index (χ2n) is 1.46. The Bertz CT molecular complexity index is 32.1. The maximum absolute atomic E-state index is 3.19. The standard InChI is InChI=1S/C5H14N2.2ClH/c1-3-7-5-4-6-2;;/h6-7H,3-5H2,1-2H3;2*1H. The van der Waals surface area contributed by atoms with Gasteiger partial charge in [-0.15, -0.1) is 24.8 Å². The Morgan fingerprint density at radius 2 is 1.67 bits per heavy atom. The zero-order valence-electron chi connectivity index (χ0n) is 5.94. The summed E-state index contributed by atoms with van der Waals surface area (Å²) in [7, 11) is 1.96. The van der Waals surface area contributed by atoms with Crippen LogP contribution in [-0.2, 0) is 0 Å². The monoisotopic (exact) mass is 174 g/mol. The minimum Gasteiger partial charge on any atom is -0.318 e. The Morgan fingerprint density at radius 3 is 2.00 bits per heavy atom. The van der Waals surface area contributed by atoms with Gasteiger partial charge < -0.3 is 10.6 Å². The summed E-state index contributed by atoms with van der Waals surface area (Å²) >= 11 is 0. The van der Waals surface area contributed by atoms with Crippen LogP contribution in [0.25, 0.3) is 0 Å². The molecule has 0 saturated heterocycles. The lowest BCUT2D eigenvalue weighted by atomic mass is 10.6. The fourth-order valence-corrected chi connectivity index (χ4v) is 0.390. The third-order valence-corrected chi connectivity index (χ3v) is 0.802. The van der Waals surface area contributed by atoms with Crippen molar-refractivity contribution in [2.75, 3.05) is 26.7 Å². The zero-order chi connectivity index (χ0) is 5.54. The Morgan fingerprint density at radius 1 is 1.11 bits per heavy atom. The molecule has 0 aromatic heterocycles. The minimum absolute atomic E-state index is 0. The molecular formula is C5H16Cl2N2. The molecule has 0 amide bonds. The second kappa shape index (κ2) is 15.8. The number of hydrogen-bond acceptors (Lipinski definition) is 2. The van der Waals surface area contributed by atoms with Crippen LogP contribution >= 0.6 is 24.8 Å². The van der Waals surface area contributed by atoms with E-state index < -0.39 is 0 Å². The molecule has 0 aliphatic rings. The lowest BCUT2D eigenvalue weighted by Gasteiger charge is -1.96. The highest BCUT2D eigenvalue weighted by molar-refractivity contribution is 5.85. The quantitative estimate of drug-likeness (QED) is 0.613. The van der Waals surface area contributed by atoms with Gasteiger partial charge in [-0.25, -0.2) is 0 Å². The normalized spacial score (nSPS) is 7.33. The molecule has 0 aliphatic carbocycles. The highest BCUT2D eigenvalue weighted by atomic mass is 35.5. The predicted octanol–water partition coefficient (Wildman–Crippen LogP) is 0.659. The van der Waals surface area contributed by atoms with E-state index in [1.54, 1.807) is 0 Å². The lowest BCUT2D eigenvalue weighted by molar-refractivity contribution is 0.672. The van der Waals surface area contributed by atoms with Crippen LogP contribution in [0.2, 0.25) is 0 Å². The maximum atomic E-state index is 3.19. The zero-order valence-corrected chi connectivity index (χ0v) is 7.57. The molecule has 2 N–H and O–H groups in total. The number of rotatable bonds is 4. The summed E-state index contributed by atoms with van der Waals surface area (Å²) in [5.74, 6) is 0. The van der Waals surface area contributed by atoms with E-state index in [2.05, 4.69) is 17.6 Å². The molecule has 0 atom stereocenters. The SMILES string of the molecule is CCNCCNC.Cl.Cl. The van der Waals surface area contributed by atoms with Crippen LogP contribution in [0.4, 0.5) is 0 Å². The van der Waals surface area contributed by atoms with Gasteiger partial charge >= 0.3 is 0 Å². The molecule has 0 saturated carbocycles. The first-order chi connectivity index (χ1) is 3.41. The Hall–Kier alpha value is 0.500. The topological polar surface area (TPSA) is 24.1 Å². The summed E-state index contributed by atoms with van der Waals surface area (Å²) in [6.07, 6.45) is 0.